The zero-order valence-corrected chi connectivity index (χ0v) is 13.6. The average Bonchev–Trinajstić information content (AvgIpc) is 3.18. The molecule has 1 aliphatic rings. The molecule has 1 N–H and O–H groups in total. The highest BCUT2D eigenvalue weighted by Crippen LogP contribution is 2.42. The van der Waals surface area contributed by atoms with Crippen molar-refractivity contribution in [2.24, 2.45) is 0 Å². The first-order valence-corrected chi connectivity index (χ1v) is 8.44. The van der Waals surface area contributed by atoms with Crippen LogP contribution in [0.3, 0.4) is 0 Å². The summed E-state index contributed by atoms with van der Waals surface area (Å²) in [6.07, 6.45) is 4.29. The number of pyridine rings is 1. The van der Waals surface area contributed by atoms with Gasteiger partial charge < -0.3 is 4.98 Å². The van der Waals surface area contributed by atoms with E-state index in [0.29, 0.717) is 10.6 Å². The van der Waals surface area contributed by atoms with Crippen LogP contribution >= 0.6 is 39.5 Å². The van der Waals surface area contributed by atoms with Gasteiger partial charge in [-0.3, -0.25) is 4.98 Å². The Balaban J connectivity index is 1.90. The smallest absolute Gasteiger partial charge is 0.144 e. The topological polar surface area (TPSA) is 41.6 Å². The second-order valence-corrected chi connectivity index (χ2v) is 7.05. The molecule has 4 rings (SSSR count). The predicted molar refractivity (Wildman–Crippen MR) is 87.7 cm³/mol. The van der Waals surface area contributed by atoms with Gasteiger partial charge in [0.15, 0.2) is 0 Å². The first-order chi connectivity index (χ1) is 9.72. The number of nitrogens with one attached hydrogen (secondary N) is 1. The number of hydrogen-bond acceptors (Lipinski definition) is 4. The van der Waals surface area contributed by atoms with Gasteiger partial charge in [-0.15, -0.1) is 11.3 Å². The lowest BCUT2D eigenvalue weighted by Gasteiger charge is -2.07. The second kappa shape index (κ2) is 4.72. The number of aromatic nitrogens is 3. The van der Waals surface area contributed by atoms with Crippen molar-refractivity contribution in [2.75, 3.05) is 0 Å². The number of rotatable bonds is 2. The number of aromatic amines is 1. The van der Waals surface area contributed by atoms with Crippen LogP contribution in [0.4, 0.5) is 0 Å². The average molecular weight is 364 g/mol. The van der Waals surface area contributed by atoms with Crippen molar-refractivity contribution in [3.05, 3.63) is 38.5 Å². The van der Waals surface area contributed by atoms with E-state index in [0.717, 1.165) is 21.4 Å². The third kappa shape index (κ3) is 2.12. The molecule has 0 bridgehead atoms. The molecule has 0 unspecified atom stereocenters. The molecule has 3 aromatic heterocycles. The SMILES string of the molecule is S=c1nc(-c2cnc3ccsc3c2)[nH]c(C2CC2)c1Br. The van der Waals surface area contributed by atoms with Crippen LogP contribution in [-0.2, 0) is 0 Å². The van der Waals surface area contributed by atoms with Gasteiger partial charge in [-0.2, -0.15) is 0 Å². The summed E-state index contributed by atoms with van der Waals surface area (Å²) in [6, 6.07) is 4.14. The quantitative estimate of drug-likeness (QED) is 0.647. The van der Waals surface area contributed by atoms with Gasteiger partial charge in [-0.05, 0) is 46.3 Å². The molecule has 1 saturated carbocycles. The Hall–Kier alpha value is -1.11. The van der Waals surface area contributed by atoms with E-state index < -0.39 is 0 Å². The number of H-pyrrole nitrogens is 1. The number of hydrogen-bond donors (Lipinski definition) is 1. The van der Waals surface area contributed by atoms with E-state index in [9.17, 15) is 0 Å². The number of thiophene rings is 1. The van der Waals surface area contributed by atoms with Gasteiger partial charge in [0.05, 0.1) is 14.7 Å². The lowest BCUT2D eigenvalue weighted by atomic mass is 10.2. The minimum atomic E-state index is 0.589. The molecule has 100 valence electrons. The normalized spacial score (nSPS) is 14.8. The monoisotopic (exact) mass is 363 g/mol. The fourth-order valence-electron chi connectivity index (χ4n) is 2.24. The summed E-state index contributed by atoms with van der Waals surface area (Å²) in [4.78, 5) is 12.4. The van der Waals surface area contributed by atoms with Gasteiger partial charge in [0, 0.05) is 23.4 Å². The summed E-state index contributed by atoms with van der Waals surface area (Å²) in [5.74, 6) is 1.40. The van der Waals surface area contributed by atoms with Gasteiger partial charge in [-0.25, -0.2) is 4.98 Å². The van der Waals surface area contributed by atoms with Gasteiger partial charge >= 0.3 is 0 Å². The van der Waals surface area contributed by atoms with Gasteiger partial charge in [-0.1, -0.05) is 12.2 Å². The highest BCUT2D eigenvalue weighted by Gasteiger charge is 2.27. The Labute approximate surface area is 133 Å². The molecule has 0 aromatic carbocycles. The molecule has 20 heavy (non-hydrogen) atoms. The zero-order valence-electron chi connectivity index (χ0n) is 10.4. The summed E-state index contributed by atoms with van der Waals surface area (Å²) in [5, 5.41) is 2.05. The van der Waals surface area contributed by atoms with E-state index in [4.69, 9.17) is 12.2 Å². The molecule has 1 aliphatic carbocycles. The van der Waals surface area contributed by atoms with Crippen LogP contribution in [0.2, 0.25) is 0 Å². The molecule has 0 aliphatic heterocycles. The van der Waals surface area contributed by atoms with Crippen molar-refractivity contribution < 1.29 is 0 Å². The highest BCUT2D eigenvalue weighted by molar-refractivity contribution is 9.10. The summed E-state index contributed by atoms with van der Waals surface area (Å²) >= 11 is 10.6. The molecule has 0 atom stereocenters. The molecule has 3 aromatic rings. The molecule has 0 radical (unpaired) electrons. The second-order valence-electron chi connectivity index (χ2n) is 4.92. The standard InChI is InChI=1S/C14H10BrN3S2/c15-11-12(7-1-2-7)17-13(18-14(11)19)8-5-10-9(16-6-8)3-4-20-10/h3-7H,1-2H2,(H,17,18,19). The maximum Gasteiger partial charge on any atom is 0.144 e. The predicted octanol–water partition coefficient (Wildman–Crippen LogP) is 5.06. The number of nitrogens with zero attached hydrogens (tertiary/aromatic N) is 2. The van der Waals surface area contributed by atoms with Crippen molar-refractivity contribution in [3.63, 3.8) is 0 Å². The molecule has 3 heterocycles. The lowest BCUT2D eigenvalue weighted by Crippen LogP contribution is -1.97. The Morgan fingerprint density at radius 1 is 1.40 bits per heavy atom. The largest absolute Gasteiger partial charge is 0.342 e. The Kier molecular flexibility index (Phi) is 2.98. The minimum absolute atomic E-state index is 0.589. The third-order valence-electron chi connectivity index (χ3n) is 3.45. The van der Waals surface area contributed by atoms with E-state index in [1.54, 1.807) is 11.3 Å². The van der Waals surface area contributed by atoms with Crippen molar-refractivity contribution >= 4 is 49.7 Å². The zero-order chi connectivity index (χ0) is 13.7. The van der Waals surface area contributed by atoms with Crippen LogP contribution in [-0.4, -0.2) is 15.0 Å². The maximum atomic E-state index is 5.36. The van der Waals surface area contributed by atoms with Crippen molar-refractivity contribution in [1.29, 1.82) is 0 Å². The van der Waals surface area contributed by atoms with Gasteiger partial charge in [0.1, 0.15) is 10.5 Å². The van der Waals surface area contributed by atoms with Gasteiger partial charge in [0.25, 0.3) is 0 Å². The van der Waals surface area contributed by atoms with Crippen LogP contribution < -0.4 is 0 Å². The Morgan fingerprint density at radius 3 is 3.05 bits per heavy atom. The maximum absolute atomic E-state index is 5.36. The molecule has 0 saturated heterocycles. The van der Waals surface area contributed by atoms with E-state index in [-0.39, 0.29) is 0 Å². The van der Waals surface area contributed by atoms with Crippen LogP contribution in [0.15, 0.2) is 28.2 Å². The lowest BCUT2D eigenvalue weighted by molar-refractivity contribution is 0.972. The van der Waals surface area contributed by atoms with E-state index >= 15 is 0 Å². The van der Waals surface area contributed by atoms with Crippen molar-refractivity contribution in [1.82, 2.24) is 15.0 Å². The van der Waals surface area contributed by atoms with E-state index in [1.165, 1.54) is 23.2 Å². The summed E-state index contributed by atoms with van der Waals surface area (Å²) in [6.45, 7) is 0. The van der Waals surface area contributed by atoms with Crippen LogP contribution in [0, 0.1) is 4.64 Å². The van der Waals surface area contributed by atoms with Crippen LogP contribution in [0.1, 0.15) is 24.5 Å². The first-order valence-electron chi connectivity index (χ1n) is 6.36. The summed E-state index contributed by atoms with van der Waals surface area (Å²) < 4.78 is 2.72. The first kappa shape index (κ1) is 12.6. The van der Waals surface area contributed by atoms with E-state index in [2.05, 4.69) is 36.9 Å². The fraction of sp³-hybridized carbons (Fsp3) is 0.214. The van der Waals surface area contributed by atoms with Crippen molar-refractivity contribution in [2.45, 2.75) is 18.8 Å². The molecular formula is C14H10BrN3S2. The van der Waals surface area contributed by atoms with Crippen molar-refractivity contribution in [3.8, 4) is 11.4 Å². The minimum Gasteiger partial charge on any atom is -0.342 e. The molecule has 0 amide bonds. The Morgan fingerprint density at radius 2 is 2.25 bits per heavy atom. The molecular weight excluding hydrogens is 354 g/mol. The molecule has 1 fully saturated rings. The molecule has 3 nitrogen and oxygen atoms in total. The third-order valence-corrected chi connectivity index (χ3v) is 5.67. The number of fused-ring (bicyclic) bond motifs is 1. The van der Waals surface area contributed by atoms with Crippen LogP contribution in [0.5, 0.6) is 0 Å². The fourth-order valence-corrected chi connectivity index (χ4v) is 3.74. The van der Waals surface area contributed by atoms with E-state index in [1.807, 2.05) is 17.6 Å². The van der Waals surface area contributed by atoms with Gasteiger partial charge in [0.2, 0.25) is 0 Å². The molecule has 0 spiro atoms. The number of halogens is 1. The van der Waals surface area contributed by atoms with Crippen LogP contribution in [0.25, 0.3) is 21.6 Å². The summed E-state index contributed by atoms with van der Waals surface area (Å²) in [7, 11) is 0. The summed E-state index contributed by atoms with van der Waals surface area (Å²) in [5.41, 5.74) is 3.18. The highest BCUT2D eigenvalue weighted by atomic mass is 79.9. The molecule has 6 heteroatoms. The Bertz CT molecular complexity index is 864.